The zero-order valence-corrected chi connectivity index (χ0v) is 15.6. The minimum absolute atomic E-state index is 0.175. The lowest BCUT2D eigenvalue weighted by molar-refractivity contribution is -0.160. The van der Waals surface area contributed by atoms with Gasteiger partial charge in [-0.05, 0) is 62.9 Å². The van der Waals surface area contributed by atoms with Crippen molar-refractivity contribution in [1.82, 2.24) is 4.90 Å². The molecule has 0 aromatic heterocycles. The molecule has 1 unspecified atom stereocenters. The average molecular weight is 337 g/mol. The Morgan fingerprint density at radius 2 is 1.60 bits per heavy atom. The number of ether oxygens (including phenoxy) is 1. The van der Waals surface area contributed by atoms with Crippen LogP contribution in [0, 0.1) is 5.41 Å². The van der Waals surface area contributed by atoms with Crippen LogP contribution in [0.1, 0.15) is 33.3 Å². The van der Waals surface area contributed by atoms with Gasteiger partial charge in [0.05, 0.1) is 12.0 Å². The first kappa shape index (κ1) is 17.5. The first-order valence-corrected chi connectivity index (χ1v) is 9.04. The van der Waals surface area contributed by atoms with E-state index < -0.39 is 0 Å². The summed E-state index contributed by atoms with van der Waals surface area (Å²) in [5.74, 6) is 1.17. The largest absolute Gasteiger partial charge is 0.494 e. The van der Waals surface area contributed by atoms with E-state index in [0.29, 0.717) is 6.61 Å². The first-order chi connectivity index (χ1) is 11.9. The first-order valence-electron chi connectivity index (χ1n) is 9.04. The number of hydrogen-bond acceptors (Lipinski definition) is 2. The Morgan fingerprint density at radius 3 is 2.08 bits per heavy atom. The zero-order chi connectivity index (χ0) is 18.0. The van der Waals surface area contributed by atoms with Crippen LogP contribution in [0.5, 0.6) is 5.75 Å². The molecule has 1 atom stereocenters. The molecule has 0 spiro atoms. The fourth-order valence-corrected chi connectivity index (χ4v) is 3.41. The molecule has 0 bridgehead atoms. The van der Waals surface area contributed by atoms with Crippen LogP contribution in [0.25, 0.3) is 11.1 Å². The van der Waals surface area contributed by atoms with E-state index in [4.69, 9.17) is 4.74 Å². The maximum atomic E-state index is 12.1. The van der Waals surface area contributed by atoms with E-state index in [9.17, 15) is 4.79 Å². The highest BCUT2D eigenvalue weighted by Gasteiger charge is 2.45. The van der Waals surface area contributed by atoms with Crippen molar-refractivity contribution in [2.75, 3.05) is 13.2 Å². The molecule has 2 aromatic rings. The van der Waals surface area contributed by atoms with E-state index in [1.807, 2.05) is 37.8 Å². The lowest BCUT2D eigenvalue weighted by atomic mass is 9.81. The van der Waals surface area contributed by atoms with Crippen molar-refractivity contribution in [2.45, 2.75) is 40.2 Å². The highest BCUT2D eigenvalue weighted by atomic mass is 16.5. The van der Waals surface area contributed by atoms with Crippen LogP contribution in [-0.4, -0.2) is 30.0 Å². The second-order valence-electron chi connectivity index (χ2n) is 7.52. The molecule has 1 heterocycles. The van der Waals surface area contributed by atoms with E-state index >= 15 is 0 Å². The fourth-order valence-electron chi connectivity index (χ4n) is 3.41. The highest BCUT2D eigenvalue weighted by Crippen LogP contribution is 2.33. The van der Waals surface area contributed by atoms with Gasteiger partial charge in [0.25, 0.3) is 0 Å². The molecule has 3 heteroatoms. The van der Waals surface area contributed by atoms with Crippen molar-refractivity contribution in [3.05, 3.63) is 54.1 Å². The standard InChI is InChI=1S/C22H27NO2/c1-5-25-20-12-10-19(11-13-20)18-8-6-17(7-9-18)14-16(2)23-15-22(3,4)21(23)24/h6-13,16H,5,14-15H2,1-4H3. The summed E-state index contributed by atoms with van der Waals surface area (Å²) in [4.78, 5) is 14.1. The average Bonchev–Trinajstić information content (AvgIpc) is 2.61. The smallest absolute Gasteiger partial charge is 0.230 e. The van der Waals surface area contributed by atoms with Crippen LogP contribution in [0.3, 0.4) is 0 Å². The summed E-state index contributed by atoms with van der Waals surface area (Å²) in [7, 11) is 0. The van der Waals surface area contributed by atoms with Gasteiger partial charge in [-0.2, -0.15) is 0 Å². The van der Waals surface area contributed by atoms with Gasteiger partial charge in [-0.3, -0.25) is 4.79 Å². The molecule has 132 valence electrons. The topological polar surface area (TPSA) is 29.5 Å². The summed E-state index contributed by atoms with van der Waals surface area (Å²) in [6.45, 7) is 9.70. The molecular weight excluding hydrogens is 310 g/mol. The van der Waals surface area contributed by atoms with Crippen LogP contribution in [0.2, 0.25) is 0 Å². The number of benzene rings is 2. The molecule has 1 amide bonds. The number of nitrogens with zero attached hydrogens (tertiary/aromatic N) is 1. The normalized spacial score (nSPS) is 17.1. The predicted molar refractivity (Wildman–Crippen MR) is 102 cm³/mol. The molecule has 0 saturated carbocycles. The Labute approximate surface area is 150 Å². The summed E-state index contributed by atoms with van der Waals surface area (Å²) in [5, 5.41) is 0. The van der Waals surface area contributed by atoms with Crippen LogP contribution in [0.15, 0.2) is 48.5 Å². The maximum absolute atomic E-state index is 12.1. The van der Waals surface area contributed by atoms with Crippen LogP contribution >= 0.6 is 0 Å². The Morgan fingerprint density at radius 1 is 1.04 bits per heavy atom. The number of hydrogen-bond donors (Lipinski definition) is 0. The molecule has 1 aliphatic heterocycles. The summed E-state index contributed by atoms with van der Waals surface area (Å²) in [6, 6.07) is 17.1. The van der Waals surface area contributed by atoms with Crippen LogP contribution in [-0.2, 0) is 11.2 Å². The number of rotatable bonds is 6. The predicted octanol–water partition coefficient (Wildman–Crippen LogP) is 4.55. The van der Waals surface area contributed by atoms with Crippen LogP contribution < -0.4 is 4.74 Å². The molecule has 0 aliphatic carbocycles. The number of carbonyl (C=O) groups excluding carboxylic acids is 1. The number of β-lactam (4-membered cyclic amide) rings is 1. The molecule has 0 radical (unpaired) electrons. The third kappa shape index (κ3) is 3.71. The number of carbonyl (C=O) groups is 1. The maximum Gasteiger partial charge on any atom is 0.230 e. The van der Waals surface area contributed by atoms with Crippen molar-refractivity contribution < 1.29 is 9.53 Å². The van der Waals surface area contributed by atoms with Crippen molar-refractivity contribution in [3.8, 4) is 16.9 Å². The van der Waals surface area contributed by atoms with Gasteiger partial charge in [-0.1, -0.05) is 36.4 Å². The van der Waals surface area contributed by atoms with Crippen molar-refractivity contribution >= 4 is 5.91 Å². The quantitative estimate of drug-likeness (QED) is 0.724. The Hall–Kier alpha value is -2.29. The van der Waals surface area contributed by atoms with E-state index in [1.165, 1.54) is 16.7 Å². The molecule has 2 aromatic carbocycles. The third-order valence-corrected chi connectivity index (χ3v) is 4.92. The molecular formula is C22H27NO2. The van der Waals surface area contributed by atoms with Gasteiger partial charge >= 0.3 is 0 Å². The van der Waals surface area contributed by atoms with Gasteiger partial charge in [0.1, 0.15) is 5.75 Å². The van der Waals surface area contributed by atoms with Crippen molar-refractivity contribution in [1.29, 1.82) is 0 Å². The Bertz CT molecular complexity index is 732. The summed E-state index contributed by atoms with van der Waals surface area (Å²) in [6.07, 6.45) is 0.894. The molecule has 1 aliphatic rings. The van der Waals surface area contributed by atoms with Gasteiger partial charge in [0, 0.05) is 12.6 Å². The molecule has 1 fully saturated rings. The second kappa shape index (κ2) is 6.91. The monoisotopic (exact) mass is 337 g/mol. The summed E-state index contributed by atoms with van der Waals surface area (Å²) < 4.78 is 5.49. The third-order valence-electron chi connectivity index (χ3n) is 4.92. The summed E-state index contributed by atoms with van der Waals surface area (Å²) in [5.41, 5.74) is 3.47. The van der Waals surface area contributed by atoms with E-state index in [1.54, 1.807) is 0 Å². The number of amides is 1. The minimum Gasteiger partial charge on any atom is -0.494 e. The SMILES string of the molecule is CCOc1ccc(-c2ccc(CC(C)N3CC(C)(C)C3=O)cc2)cc1. The molecule has 3 rings (SSSR count). The van der Waals surface area contributed by atoms with Gasteiger partial charge in [0.15, 0.2) is 0 Å². The Kier molecular flexibility index (Phi) is 4.85. The lowest BCUT2D eigenvalue weighted by Crippen LogP contribution is -2.61. The summed E-state index contributed by atoms with van der Waals surface area (Å²) >= 11 is 0. The van der Waals surface area contributed by atoms with E-state index in [-0.39, 0.29) is 17.4 Å². The van der Waals surface area contributed by atoms with E-state index in [0.717, 1.165) is 18.7 Å². The highest BCUT2D eigenvalue weighted by molar-refractivity contribution is 5.88. The van der Waals surface area contributed by atoms with E-state index in [2.05, 4.69) is 43.3 Å². The van der Waals surface area contributed by atoms with Gasteiger partial charge in [-0.25, -0.2) is 0 Å². The lowest BCUT2D eigenvalue weighted by Gasteiger charge is -2.48. The zero-order valence-electron chi connectivity index (χ0n) is 15.6. The van der Waals surface area contributed by atoms with Gasteiger partial charge in [-0.15, -0.1) is 0 Å². The molecule has 0 N–H and O–H groups in total. The number of likely N-dealkylation sites (tertiary alicyclic amines) is 1. The minimum atomic E-state index is -0.175. The van der Waals surface area contributed by atoms with Crippen molar-refractivity contribution in [2.24, 2.45) is 5.41 Å². The second-order valence-corrected chi connectivity index (χ2v) is 7.52. The molecule has 25 heavy (non-hydrogen) atoms. The van der Waals surface area contributed by atoms with Gasteiger partial charge in [0.2, 0.25) is 5.91 Å². The molecule has 1 saturated heterocycles. The van der Waals surface area contributed by atoms with Crippen LogP contribution in [0.4, 0.5) is 0 Å². The van der Waals surface area contributed by atoms with Crippen molar-refractivity contribution in [3.63, 3.8) is 0 Å². The molecule has 3 nitrogen and oxygen atoms in total. The Balaban J connectivity index is 1.63. The fraction of sp³-hybridized carbons (Fsp3) is 0.409. The van der Waals surface area contributed by atoms with Gasteiger partial charge < -0.3 is 9.64 Å².